The van der Waals surface area contributed by atoms with E-state index < -0.39 is 5.41 Å². The lowest BCUT2D eigenvalue weighted by atomic mass is 9.70. The molecule has 0 bridgehead atoms. The first-order valence-electron chi connectivity index (χ1n) is 25.7. The number of hydrogen-bond acceptors (Lipinski definition) is 1. The van der Waals surface area contributed by atoms with Crippen LogP contribution in [0.3, 0.4) is 0 Å². The van der Waals surface area contributed by atoms with Crippen molar-refractivity contribution in [1.82, 2.24) is 4.57 Å². The highest BCUT2D eigenvalue weighted by molar-refractivity contribution is 6.11. The monoisotopic (exact) mass is 940 g/mol. The van der Waals surface area contributed by atoms with E-state index in [1.807, 2.05) is 0 Å². The summed E-state index contributed by atoms with van der Waals surface area (Å²) >= 11 is 0. The smallest absolute Gasteiger partial charge is 0.0726 e. The summed E-state index contributed by atoms with van der Waals surface area (Å²) in [6.07, 6.45) is 0. The van der Waals surface area contributed by atoms with Gasteiger partial charge in [0.05, 0.1) is 16.4 Å². The molecule has 12 aromatic rings. The van der Waals surface area contributed by atoms with Crippen LogP contribution in [0.15, 0.2) is 255 Å². The van der Waals surface area contributed by atoms with Gasteiger partial charge in [0.15, 0.2) is 0 Å². The van der Waals surface area contributed by atoms with Crippen LogP contribution in [0.5, 0.6) is 0 Å². The molecule has 0 fully saturated rings. The Hall–Kier alpha value is -9.42. The zero-order valence-corrected chi connectivity index (χ0v) is 41.1. The van der Waals surface area contributed by atoms with Gasteiger partial charge in [0, 0.05) is 50.1 Å². The van der Waals surface area contributed by atoms with Gasteiger partial charge in [0.1, 0.15) is 0 Å². The molecule has 346 valence electrons. The second kappa shape index (κ2) is 16.0. The average molecular weight is 941 g/mol. The van der Waals surface area contributed by atoms with Gasteiger partial charge in [-0.1, -0.05) is 177 Å². The van der Waals surface area contributed by atoms with Gasteiger partial charge in [0.25, 0.3) is 0 Å². The maximum atomic E-state index is 3.62. The molecular formula is C72H48N2. The molecule has 1 heterocycles. The molecule has 1 aromatic heterocycles. The lowest BCUT2D eigenvalue weighted by molar-refractivity contribution is 0.661. The zero-order chi connectivity index (χ0) is 49.1. The highest BCUT2D eigenvalue weighted by Crippen LogP contribution is 2.63. The van der Waals surface area contributed by atoms with Gasteiger partial charge in [-0.3, -0.25) is 0 Å². The van der Waals surface area contributed by atoms with Crippen molar-refractivity contribution in [2.75, 3.05) is 4.90 Å². The zero-order valence-electron chi connectivity index (χ0n) is 41.1. The quantitative estimate of drug-likeness (QED) is 0.156. The molecule has 2 heteroatoms. The van der Waals surface area contributed by atoms with E-state index in [4.69, 9.17) is 0 Å². The van der Waals surface area contributed by atoms with Crippen molar-refractivity contribution >= 4 is 38.9 Å². The average Bonchev–Trinajstić information content (AvgIpc) is 4.12. The number of rotatable bonds is 5. The number of fused-ring (bicyclic) bond motifs is 16. The first kappa shape index (κ1) is 42.3. The first-order chi connectivity index (χ1) is 36.4. The van der Waals surface area contributed by atoms with Gasteiger partial charge >= 0.3 is 0 Å². The minimum absolute atomic E-state index is 0.202. The van der Waals surface area contributed by atoms with E-state index in [0.717, 1.165) is 28.2 Å². The van der Waals surface area contributed by atoms with Crippen molar-refractivity contribution in [3.8, 4) is 62.0 Å². The Balaban J connectivity index is 0.836. The van der Waals surface area contributed by atoms with Crippen LogP contribution in [0.1, 0.15) is 58.4 Å². The fourth-order valence-corrected chi connectivity index (χ4v) is 13.1. The van der Waals surface area contributed by atoms with E-state index in [-0.39, 0.29) is 5.41 Å². The number of nitrogens with zero attached hydrogens (tertiary/aromatic N) is 2. The molecule has 3 aliphatic rings. The van der Waals surface area contributed by atoms with Crippen LogP contribution >= 0.6 is 0 Å². The molecule has 3 aliphatic carbocycles. The van der Waals surface area contributed by atoms with Crippen LogP contribution in [-0.4, -0.2) is 4.57 Å². The predicted molar refractivity (Wildman–Crippen MR) is 307 cm³/mol. The van der Waals surface area contributed by atoms with E-state index in [9.17, 15) is 0 Å². The standard InChI is InChI=1S/C72H48N2/c1-71(2)65-43-49(36-41-59(65)61-46-70-62(45-66(61)71)60-26-14-17-29-69(60)74(70)53-22-10-5-11-23-53)50-35-40-58-57-39-34-48(42-67(57)72(68(58)44-50)63-27-15-12-24-55(63)56-25-13-16-28-64(56)72)31-30-47-32-37-54(38-33-47)73(51-18-6-3-7-19-51)52-20-8-4-9-21-52/h3-29,32-46H,1-2H3. The summed E-state index contributed by atoms with van der Waals surface area (Å²) < 4.78 is 2.43. The lowest BCUT2D eigenvalue weighted by Crippen LogP contribution is -2.26. The number of anilines is 3. The molecule has 0 saturated heterocycles. The summed E-state index contributed by atoms with van der Waals surface area (Å²) in [5.74, 6) is 7.18. The topological polar surface area (TPSA) is 8.17 Å². The van der Waals surface area contributed by atoms with Crippen LogP contribution in [0.2, 0.25) is 0 Å². The fraction of sp³-hybridized carbons (Fsp3) is 0.0556. The SMILES string of the molecule is CC1(C)c2cc(-c3ccc4c(c3)C3(c5ccccc5-c5ccccc53)c3cc(C#Cc5ccc(N(c6ccccc6)c6ccccc6)cc5)ccc3-4)ccc2-c2cc3c(cc21)c1ccccc1n3-c1ccccc1. The minimum Gasteiger partial charge on any atom is -0.311 e. The third kappa shape index (κ3) is 6.08. The van der Waals surface area contributed by atoms with E-state index >= 15 is 0 Å². The first-order valence-corrected chi connectivity index (χ1v) is 25.7. The predicted octanol–water partition coefficient (Wildman–Crippen LogP) is 18.0. The van der Waals surface area contributed by atoms with Gasteiger partial charge in [-0.2, -0.15) is 0 Å². The molecule has 0 aliphatic heterocycles. The van der Waals surface area contributed by atoms with Gasteiger partial charge in [-0.25, -0.2) is 0 Å². The van der Waals surface area contributed by atoms with Crippen molar-refractivity contribution in [3.05, 3.63) is 299 Å². The summed E-state index contributed by atoms with van der Waals surface area (Å²) in [5, 5.41) is 2.58. The molecule has 0 radical (unpaired) electrons. The minimum atomic E-state index is -0.515. The highest BCUT2D eigenvalue weighted by Gasteiger charge is 2.52. The number of hydrogen-bond donors (Lipinski definition) is 0. The molecule has 0 unspecified atom stereocenters. The molecular weight excluding hydrogens is 893 g/mol. The number of benzene rings is 11. The van der Waals surface area contributed by atoms with E-state index in [0.29, 0.717) is 0 Å². The summed E-state index contributed by atoms with van der Waals surface area (Å²) in [7, 11) is 0. The van der Waals surface area contributed by atoms with Crippen molar-refractivity contribution in [3.63, 3.8) is 0 Å². The van der Waals surface area contributed by atoms with E-state index in [1.165, 1.54) is 105 Å². The maximum Gasteiger partial charge on any atom is 0.0726 e. The molecule has 2 nitrogen and oxygen atoms in total. The Morgan fingerprint density at radius 2 is 0.797 bits per heavy atom. The molecule has 1 spiro atoms. The van der Waals surface area contributed by atoms with E-state index in [1.54, 1.807) is 0 Å². The van der Waals surface area contributed by atoms with Crippen LogP contribution in [0.25, 0.3) is 72.0 Å². The summed E-state index contributed by atoms with van der Waals surface area (Å²) in [4.78, 5) is 2.28. The van der Waals surface area contributed by atoms with Crippen LogP contribution in [-0.2, 0) is 10.8 Å². The molecule has 74 heavy (non-hydrogen) atoms. The molecule has 15 rings (SSSR count). The Morgan fingerprint density at radius 1 is 0.324 bits per heavy atom. The summed E-state index contributed by atoms with van der Waals surface area (Å²) in [6, 6.07) is 93.8. The Kier molecular flexibility index (Phi) is 9.17. The largest absolute Gasteiger partial charge is 0.311 e. The number of para-hydroxylation sites is 4. The van der Waals surface area contributed by atoms with Crippen molar-refractivity contribution in [2.45, 2.75) is 24.7 Å². The second-order valence-corrected chi connectivity index (χ2v) is 20.7. The van der Waals surface area contributed by atoms with Gasteiger partial charge < -0.3 is 9.47 Å². The Bertz CT molecular complexity index is 4230. The lowest BCUT2D eigenvalue weighted by Gasteiger charge is -2.31. The van der Waals surface area contributed by atoms with Gasteiger partial charge in [-0.05, 0) is 181 Å². The van der Waals surface area contributed by atoms with Crippen LogP contribution in [0, 0.1) is 11.8 Å². The normalized spacial score (nSPS) is 13.6. The maximum absolute atomic E-state index is 3.62. The summed E-state index contributed by atoms with van der Waals surface area (Å²) in [6.45, 7) is 4.82. The van der Waals surface area contributed by atoms with Crippen LogP contribution in [0.4, 0.5) is 17.1 Å². The van der Waals surface area contributed by atoms with Crippen molar-refractivity contribution in [2.24, 2.45) is 0 Å². The van der Waals surface area contributed by atoms with Gasteiger partial charge in [0.2, 0.25) is 0 Å². The molecule has 0 saturated carbocycles. The third-order valence-electron chi connectivity index (χ3n) is 16.4. The molecule has 0 atom stereocenters. The second-order valence-electron chi connectivity index (χ2n) is 20.7. The van der Waals surface area contributed by atoms with Crippen LogP contribution < -0.4 is 4.90 Å². The summed E-state index contributed by atoms with van der Waals surface area (Å²) in [5.41, 5.74) is 26.4. The molecule has 11 aromatic carbocycles. The number of aromatic nitrogens is 1. The Morgan fingerprint density at radius 3 is 1.46 bits per heavy atom. The molecule has 0 amide bonds. The van der Waals surface area contributed by atoms with E-state index in [2.05, 4.69) is 290 Å². The third-order valence-corrected chi connectivity index (χ3v) is 16.4. The van der Waals surface area contributed by atoms with Crippen molar-refractivity contribution < 1.29 is 0 Å². The molecule has 0 N–H and O–H groups in total. The van der Waals surface area contributed by atoms with Gasteiger partial charge in [-0.15, -0.1) is 0 Å². The highest BCUT2D eigenvalue weighted by atomic mass is 15.1. The Labute approximate surface area is 432 Å². The van der Waals surface area contributed by atoms with Crippen molar-refractivity contribution in [1.29, 1.82) is 0 Å². The fourth-order valence-electron chi connectivity index (χ4n) is 13.1.